The van der Waals surface area contributed by atoms with E-state index in [4.69, 9.17) is 0 Å². The Bertz CT molecular complexity index is 180. The first-order valence-electron chi connectivity index (χ1n) is 3.08. The molecule has 0 aliphatic carbocycles. The summed E-state index contributed by atoms with van der Waals surface area (Å²) in [6, 6.07) is 0. The van der Waals surface area contributed by atoms with Gasteiger partial charge in [-0.05, 0) is 30.8 Å². The summed E-state index contributed by atoms with van der Waals surface area (Å²) in [6.07, 6.45) is 2.07. The second-order valence-corrected chi connectivity index (χ2v) is 3.54. The van der Waals surface area contributed by atoms with Crippen LogP contribution in [0.25, 0.3) is 0 Å². The number of rotatable bonds is 1. The molecule has 1 saturated heterocycles. The van der Waals surface area contributed by atoms with Gasteiger partial charge in [-0.3, -0.25) is 4.79 Å². The summed E-state index contributed by atoms with van der Waals surface area (Å²) in [6.45, 7) is 0. The van der Waals surface area contributed by atoms with Gasteiger partial charge < -0.3 is 0 Å². The normalized spacial score (nSPS) is 23.8. The first kappa shape index (κ1) is 7.92. The van der Waals surface area contributed by atoms with Crippen LogP contribution in [0.15, 0.2) is 4.99 Å². The monoisotopic (exact) mass is 173 g/mol. The fourth-order valence-electron chi connectivity index (χ4n) is 0.889. The van der Waals surface area contributed by atoms with Crippen LogP contribution in [0.5, 0.6) is 0 Å². The lowest BCUT2D eigenvalue weighted by Crippen LogP contribution is -2.09. The average molecular weight is 173 g/mol. The van der Waals surface area contributed by atoms with Crippen LogP contribution in [0.3, 0.4) is 0 Å². The minimum Gasteiger partial charge on any atom is -0.271 e. The van der Waals surface area contributed by atoms with Crippen molar-refractivity contribution in [3.63, 3.8) is 0 Å². The molecule has 0 aromatic rings. The number of hydrogen-bond acceptors (Lipinski definition) is 3. The molecule has 1 fully saturated rings. The van der Waals surface area contributed by atoms with Crippen molar-refractivity contribution in [2.45, 2.75) is 18.1 Å². The minimum absolute atomic E-state index is 0.0652. The highest BCUT2D eigenvalue weighted by atomic mass is 32.2. The van der Waals surface area contributed by atoms with Gasteiger partial charge in [-0.2, -0.15) is 4.99 Å². The van der Waals surface area contributed by atoms with Gasteiger partial charge in [-0.1, -0.05) is 0 Å². The maximum atomic E-state index is 10.9. The predicted molar refractivity (Wildman–Crippen MR) is 45.5 cm³/mol. The van der Waals surface area contributed by atoms with Crippen molar-refractivity contribution in [3.05, 3.63) is 0 Å². The Morgan fingerprint density at radius 1 is 1.80 bits per heavy atom. The first-order valence-corrected chi connectivity index (χ1v) is 4.53. The third kappa shape index (κ3) is 1.90. The van der Waals surface area contributed by atoms with Gasteiger partial charge in [-0.25, -0.2) is 0 Å². The summed E-state index contributed by atoms with van der Waals surface area (Å²) in [5.74, 6) is 0.959. The van der Waals surface area contributed by atoms with Crippen LogP contribution in [-0.4, -0.2) is 22.1 Å². The SMILES string of the molecule is O=C(N=C=S)C1CCCS1. The van der Waals surface area contributed by atoms with Crippen molar-refractivity contribution in [3.8, 4) is 0 Å². The highest BCUT2D eigenvalue weighted by Crippen LogP contribution is 2.26. The van der Waals surface area contributed by atoms with Crippen LogP contribution in [0.4, 0.5) is 0 Å². The van der Waals surface area contributed by atoms with Crippen LogP contribution in [0.2, 0.25) is 0 Å². The molecule has 1 amide bonds. The number of thioether (sulfide) groups is 1. The van der Waals surface area contributed by atoms with Gasteiger partial charge in [0.15, 0.2) is 0 Å². The highest BCUT2D eigenvalue weighted by Gasteiger charge is 2.22. The number of nitrogens with zero attached hydrogens (tertiary/aromatic N) is 1. The lowest BCUT2D eigenvalue weighted by Gasteiger charge is -1.98. The Morgan fingerprint density at radius 2 is 2.60 bits per heavy atom. The molecule has 1 aliphatic rings. The fraction of sp³-hybridized carbons (Fsp3) is 0.667. The predicted octanol–water partition coefficient (Wildman–Crippen LogP) is 1.51. The fourth-order valence-corrected chi connectivity index (χ4v) is 2.13. The van der Waals surface area contributed by atoms with Crippen molar-refractivity contribution < 1.29 is 4.79 Å². The average Bonchev–Trinajstić information content (AvgIpc) is 2.38. The van der Waals surface area contributed by atoms with Crippen LogP contribution in [0, 0.1) is 0 Å². The van der Waals surface area contributed by atoms with E-state index in [9.17, 15) is 4.79 Å². The number of aliphatic imine (C=N–C) groups is 1. The van der Waals surface area contributed by atoms with E-state index in [-0.39, 0.29) is 11.2 Å². The minimum atomic E-state index is -0.113. The van der Waals surface area contributed by atoms with E-state index in [1.807, 2.05) is 0 Å². The van der Waals surface area contributed by atoms with Crippen LogP contribution in [0.1, 0.15) is 12.8 Å². The molecule has 1 heterocycles. The molecule has 1 atom stereocenters. The molecule has 0 bridgehead atoms. The van der Waals surface area contributed by atoms with E-state index in [1.165, 1.54) is 0 Å². The summed E-state index contributed by atoms with van der Waals surface area (Å²) in [4.78, 5) is 14.3. The number of carbonyl (C=O) groups is 1. The summed E-state index contributed by atoms with van der Waals surface area (Å²) in [7, 11) is 0. The number of thiocarbonyl (C=S) groups is 1. The number of isothiocyanates is 1. The Morgan fingerprint density at radius 3 is 3.10 bits per heavy atom. The molecule has 1 aliphatic heterocycles. The lowest BCUT2D eigenvalue weighted by atomic mass is 10.2. The highest BCUT2D eigenvalue weighted by molar-refractivity contribution is 8.00. The smallest absolute Gasteiger partial charge is 0.267 e. The Labute approximate surface area is 69.1 Å². The second kappa shape index (κ2) is 3.86. The molecule has 4 heteroatoms. The van der Waals surface area contributed by atoms with Crippen molar-refractivity contribution in [1.82, 2.24) is 0 Å². The summed E-state index contributed by atoms with van der Waals surface area (Å²) in [5, 5.41) is 2.16. The van der Waals surface area contributed by atoms with Crippen molar-refractivity contribution in [2.24, 2.45) is 4.99 Å². The molecule has 0 N–H and O–H groups in total. The van der Waals surface area contributed by atoms with Crippen LogP contribution >= 0.6 is 24.0 Å². The van der Waals surface area contributed by atoms with Gasteiger partial charge >= 0.3 is 0 Å². The molecule has 1 unspecified atom stereocenters. The Hall–Kier alpha value is -0.180. The summed E-state index contributed by atoms with van der Waals surface area (Å²) in [5.41, 5.74) is 0. The van der Waals surface area contributed by atoms with Gasteiger partial charge in [0, 0.05) is 0 Å². The van der Waals surface area contributed by atoms with Crippen molar-refractivity contribution in [2.75, 3.05) is 5.75 Å². The second-order valence-electron chi connectivity index (χ2n) is 2.04. The van der Waals surface area contributed by atoms with Gasteiger partial charge in [0.25, 0.3) is 5.91 Å². The molecule has 0 spiro atoms. The van der Waals surface area contributed by atoms with E-state index in [1.54, 1.807) is 11.8 Å². The Kier molecular flexibility index (Phi) is 3.06. The molecular weight excluding hydrogens is 166 g/mol. The van der Waals surface area contributed by atoms with Crippen molar-refractivity contribution in [1.29, 1.82) is 0 Å². The third-order valence-electron chi connectivity index (χ3n) is 1.36. The molecule has 0 radical (unpaired) electrons. The molecule has 0 saturated carbocycles. The summed E-state index contributed by atoms with van der Waals surface area (Å²) < 4.78 is 0. The zero-order chi connectivity index (χ0) is 7.40. The maximum Gasteiger partial charge on any atom is 0.267 e. The molecule has 54 valence electrons. The van der Waals surface area contributed by atoms with Gasteiger partial charge in [-0.15, -0.1) is 11.8 Å². The zero-order valence-electron chi connectivity index (χ0n) is 5.37. The van der Waals surface area contributed by atoms with Gasteiger partial charge in [0.05, 0.1) is 10.4 Å². The molecule has 0 aromatic carbocycles. The van der Waals surface area contributed by atoms with E-state index in [2.05, 4.69) is 22.4 Å². The largest absolute Gasteiger partial charge is 0.271 e. The molecule has 1 rings (SSSR count). The number of amides is 1. The summed E-state index contributed by atoms with van der Waals surface area (Å²) >= 11 is 5.98. The van der Waals surface area contributed by atoms with E-state index in [0.717, 1.165) is 18.6 Å². The number of hydrogen-bond donors (Lipinski definition) is 0. The Balaban J connectivity index is 2.47. The van der Waals surface area contributed by atoms with Crippen molar-refractivity contribution >= 4 is 35.0 Å². The van der Waals surface area contributed by atoms with Crippen LogP contribution in [-0.2, 0) is 4.79 Å². The molecule has 2 nitrogen and oxygen atoms in total. The van der Waals surface area contributed by atoms with Gasteiger partial charge in [0.2, 0.25) is 0 Å². The lowest BCUT2D eigenvalue weighted by molar-refractivity contribution is -0.117. The van der Waals surface area contributed by atoms with E-state index in [0.29, 0.717) is 0 Å². The van der Waals surface area contributed by atoms with E-state index < -0.39 is 0 Å². The van der Waals surface area contributed by atoms with Gasteiger partial charge in [0.1, 0.15) is 0 Å². The standard InChI is InChI=1S/C6H7NOS2/c8-6(7-4-9)5-2-1-3-10-5/h5H,1-3H2. The third-order valence-corrected chi connectivity index (χ3v) is 2.82. The molecule has 10 heavy (non-hydrogen) atoms. The van der Waals surface area contributed by atoms with E-state index >= 15 is 0 Å². The quantitative estimate of drug-likeness (QED) is 0.444. The molecule has 0 aromatic heterocycles. The number of carbonyl (C=O) groups excluding carboxylic acids is 1. The zero-order valence-corrected chi connectivity index (χ0v) is 7.00. The molecular formula is C6H7NOS2. The van der Waals surface area contributed by atoms with Crippen LogP contribution < -0.4 is 0 Å². The topological polar surface area (TPSA) is 29.4 Å². The maximum absolute atomic E-state index is 10.9. The first-order chi connectivity index (χ1) is 4.84.